The van der Waals surface area contributed by atoms with Gasteiger partial charge in [0.1, 0.15) is 11.3 Å². The highest BCUT2D eigenvalue weighted by Gasteiger charge is 2.29. The van der Waals surface area contributed by atoms with Crippen LogP contribution in [0.1, 0.15) is 95.0 Å². The first-order valence-electron chi connectivity index (χ1n) is 14.3. The Morgan fingerprint density at radius 3 is 2.47 bits per heavy atom. The third-order valence-electron chi connectivity index (χ3n) is 8.94. The van der Waals surface area contributed by atoms with Crippen molar-refractivity contribution in [3.63, 3.8) is 0 Å². The van der Waals surface area contributed by atoms with Gasteiger partial charge in [-0.15, -0.1) is 0 Å². The van der Waals surface area contributed by atoms with Crippen LogP contribution in [0.4, 0.5) is 4.39 Å². The van der Waals surface area contributed by atoms with Gasteiger partial charge in [0.25, 0.3) is 0 Å². The van der Waals surface area contributed by atoms with E-state index in [1.807, 2.05) is 18.3 Å². The van der Waals surface area contributed by atoms with Gasteiger partial charge in [0.2, 0.25) is 0 Å². The molecule has 1 fully saturated rings. The fraction of sp³-hybridized carbons (Fsp3) is 0.455. The minimum Gasteiger partial charge on any atom is -0.344 e. The smallest absolute Gasteiger partial charge is 0.128 e. The minimum absolute atomic E-state index is 0.0906. The molecule has 0 saturated heterocycles. The van der Waals surface area contributed by atoms with E-state index in [9.17, 15) is 0 Å². The Hall–Kier alpha value is -3.21. The first-order chi connectivity index (χ1) is 18.3. The fourth-order valence-electron chi connectivity index (χ4n) is 7.06. The largest absolute Gasteiger partial charge is 0.344 e. The highest BCUT2D eigenvalue weighted by Crippen LogP contribution is 2.42. The summed E-state index contributed by atoms with van der Waals surface area (Å²) < 4.78 is 20.3. The van der Waals surface area contributed by atoms with Crippen LogP contribution in [0.15, 0.2) is 53.2 Å². The molecule has 0 amide bonds. The number of fused-ring (bicyclic) bond motifs is 3. The lowest BCUT2D eigenvalue weighted by atomic mass is 9.83. The van der Waals surface area contributed by atoms with Gasteiger partial charge in [0, 0.05) is 41.4 Å². The molecule has 1 saturated carbocycles. The summed E-state index contributed by atoms with van der Waals surface area (Å²) in [7, 11) is 2.15. The summed E-state index contributed by atoms with van der Waals surface area (Å²) in [4.78, 5) is 9.78. The van der Waals surface area contributed by atoms with Crippen molar-refractivity contribution in [2.75, 3.05) is 6.54 Å². The topological polar surface area (TPSA) is 35.1 Å². The molecular formula is C33H39FN4. The Morgan fingerprint density at radius 1 is 1.03 bits per heavy atom. The Bertz CT molecular complexity index is 1580. The van der Waals surface area contributed by atoms with Crippen molar-refractivity contribution in [2.24, 2.45) is 18.0 Å². The first kappa shape index (κ1) is 25.1. The molecule has 4 aromatic rings. The summed E-state index contributed by atoms with van der Waals surface area (Å²) in [5.74, 6) is 0.856. The van der Waals surface area contributed by atoms with Crippen molar-refractivity contribution < 1.29 is 4.39 Å². The van der Waals surface area contributed by atoms with Gasteiger partial charge in [0.15, 0.2) is 0 Å². The molecule has 1 aliphatic heterocycles. The molecule has 1 atom stereocenters. The SMILES string of the molecule is CC1=NCC(C)=C1c1cnc2c3c(cc(C(C)C)n3C)n(C(CC3CCCCC3)c3ccccc3F)c2c1. The van der Waals surface area contributed by atoms with E-state index in [0.29, 0.717) is 11.8 Å². The molecule has 4 heterocycles. The van der Waals surface area contributed by atoms with Crippen LogP contribution < -0.4 is 0 Å². The number of hydrogen-bond donors (Lipinski definition) is 0. The molecule has 1 aliphatic carbocycles. The Labute approximate surface area is 225 Å². The van der Waals surface area contributed by atoms with E-state index in [4.69, 9.17) is 4.98 Å². The lowest BCUT2D eigenvalue weighted by Gasteiger charge is -2.29. The van der Waals surface area contributed by atoms with E-state index in [0.717, 1.165) is 51.9 Å². The number of hydrogen-bond acceptors (Lipinski definition) is 2. The van der Waals surface area contributed by atoms with E-state index in [1.165, 1.54) is 48.9 Å². The van der Waals surface area contributed by atoms with Gasteiger partial charge >= 0.3 is 0 Å². The monoisotopic (exact) mass is 510 g/mol. The number of pyridine rings is 1. The number of benzene rings is 1. The molecule has 3 aromatic heterocycles. The average Bonchev–Trinajstić information content (AvgIpc) is 3.53. The second-order valence-electron chi connectivity index (χ2n) is 11.8. The van der Waals surface area contributed by atoms with Crippen molar-refractivity contribution in [3.05, 3.63) is 70.8 Å². The van der Waals surface area contributed by atoms with E-state index in [-0.39, 0.29) is 11.9 Å². The molecule has 0 N–H and O–H groups in total. The van der Waals surface area contributed by atoms with Crippen LogP contribution >= 0.6 is 0 Å². The summed E-state index contributed by atoms with van der Waals surface area (Å²) in [5, 5.41) is 0. The summed E-state index contributed by atoms with van der Waals surface area (Å²) in [6.07, 6.45) is 9.27. The summed E-state index contributed by atoms with van der Waals surface area (Å²) >= 11 is 0. The zero-order valence-corrected chi connectivity index (χ0v) is 23.4. The molecule has 1 unspecified atom stereocenters. The van der Waals surface area contributed by atoms with E-state index < -0.39 is 0 Å². The molecule has 6 rings (SSSR count). The van der Waals surface area contributed by atoms with Gasteiger partial charge in [-0.25, -0.2) is 4.39 Å². The third-order valence-corrected chi connectivity index (χ3v) is 8.94. The first-order valence-corrected chi connectivity index (χ1v) is 14.3. The van der Waals surface area contributed by atoms with Crippen LogP contribution in [-0.4, -0.2) is 26.4 Å². The number of aryl methyl sites for hydroxylation is 1. The normalized spacial score (nSPS) is 17.8. The van der Waals surface area contributed by atoms with Gasteiger partial charge in [-0.2, -0.15) is 0 Å². The van der Waals surface area contributed by atoms with Crippen molar-refractivity contribution in [1.82, 2.24) is 14.1 Å². The highest BCUT2D eigenvalue weighted by atomic mass is 19.1. The number of aromatic nitrogens is 3. The van der Waals surface area contributed by atoms with Gasteiger partial charge < -0.3 is 9.13 Å². The van der Waals surface area contributed by atoms with Crippen LogP contribution in [-0.2, 0) is 7.05 Å². The standard InChI is InChI=1S/C33H39FN4/c1-20(2)27-17-30-33(37(27)5)32-29(16-24(19-36-32)31-21(3)18-35-22(31)4)38(30)28(15-23-11-7-6-8-12-23)25-13-9-10-14-26(25)34/h9-10,13-14,16-17,19-20,23,28H,6-8,11-12,15,18H2,1-5H3. The number of aliphatic imine (C=N–C) groups is 1. The van der Waals surface area contributed by atoms with Gasteiger partial charge in [-0.05, 0) is 55.9 Å². The van der Waals surface area contributed by atoms with Crippen LogP contribution in [0.5, 0.6) is 0 Å². The maximum absolute atomic E-state index is 15.6. The quantitative estimate of drug-likeness (QED) is 0.256. The zero-order chi connectivity index (χ0) is 26.6. The molecular weight excluding hydrogens is 471 g/mol. The van der Waals surface area contributed by atoms with E-state index in [2.05, 4.69) is 61.0 Å². The molecule has 2 aliphatic rings. The highest BCUT2D eigenvalue weighted by molar-refractivity contribution is 6.25. The maximum atomic E-state index is 15.6. The van der Waals surface area contributed by atoms with E-state index in [1.54, 1.807) is 12.1 Å². The van der Waals surface area contributed by atoms with Gasteiger partial charge in [0.05, 0.1) is 29.1 Å². The number of allylic oxidation sites excluding steroid dienone is 1. The molecule has 1 aromatic carbocycles. The molecule has 38 heavy (non-hydrogen) atoms. The molecule has 0 bridgehead atoms. The predicted octanol–water partition coefficient (Wildman–Crippen LogP) is 8.60. The molecule has 0 radical (unpaired) electrons. The third kappa shape index (κ3) is 4.11. The van der Waals surface area contributed by atoms with Crippen LogP contribution in [0, 0.1) is 11.7 Å². The summed E-state index contributed by atoms with van der Waals surface area (Å²) in [6.45, 7) is 9.47. The number of halogens is 1. The van der Waals surface area contributed by atoms with E-state index >= 15 is 4.39 Å². The molecule has 4 nitrogen and oxygen atoms in total. The molecule has 5 heteroatoms. The van der Waals surface area contributed by atoms with Crippen molar-refractivity contribution in [1.29, 1.82) is 0 Å². The second kappa shape index (κ2) is 9.83. The van der Waals surface area contributed by atoms with Crippen molar-refractivity contribution in [2.45, 2.75) is 78.2 Å². The lowest BCUT2D eigenvalue weighted by Crippen LogP contribution is -2.18. The number of rotatable bonds is 6. The number of nitrogens with zero attached hydrogens (tertiary/aromatic N) is 4. The predicted molar refractivity (Wildman–Crippen MR) is 157 cm³/mol. The summed E-state index contributed by atoms with van der Waals surface area (Å²) in [6, 6.07) is 11.9. The Morgan fingerprint density at radius 2 is 1.79 bits per heavy atom. The Balaban J connectivity index is 1.64. The maximum Gasteiger partial charge on any atom is 0.128 e. The fourth-order valence-corrected chi connectivity index (χ4v) is 7.06. The summed E-state index contributed by atoms with van der Waals surface area (Å²) in [5.41, 5.74) is 11.1. The van der Waals surface area contributed by atoms with Gasteiger partial charge in [-0.3, -0.25) is 9.98 Å². The molecule has 0 spiro atoms. The lowest BCUT2D eigenvalue weighted by molar-refractivity contribution is 0.306. The van der Waals surface area contributed by atoms with Crippen LogP contribution in [0.3, 0.4) is 0 Å². The van der Waals surface area contributed by atoms with Crippen molar-refractivity contribution in [3.8, 4) is 0 Å². The minimum atomic E-state index is -0.121. The van der Waals surface area contributed by atoms with Crippen LogP contribution in [0.2, 0.25) is 0 Å². The Kier molecular flexibility index (Phi) is 6.49. The average molecular weight is 511 g/mol. The molecule has 198 valence electrons. The second-order valence-corrected chi connectivity index (χ2v) is 11.8. The zero-order valence-electron chi connectivity index (χ0n) is 23.4. The van der Waals surface area contributed by atoms with Gasteiger partial charge in [-0.1, -0.05) is 64.2 Å². The van der Waals surface area contributed by atoms with Crippen LogP contribution in [0.25, 0.3) is 27.6 Å². The van der Waals surface area contributed by atoms with Crippen molar-refractivity contribution >= 4 is 33.4 Å².